The molecule has 0 spiro atoms. The molecule has 7 heteroatoms. The maximum Gasteiger partial charge on any atom is 0.172 e. The van der Waals surface area contributed by atoms with Crippen molar-refractivity contribution in [3.63, 3.8) is 0 Å². The number of nitrogens with zero attached hydrogens (tertiary/aromatic N) is 2. The van der Waals surface area contributed by atoms with Crippen LogP contribution in [0.2, 0.25) is 5.02 Å². The minimum Gasteiger partial charge on any atom is -0.503 e. The third-order valence-corrected chi connectivity index (χ3v) is 5.67. The lowest BCUT2D eigenvalue weighted by Gasteiger charge is -2.37. The van der Waals surface area contributed by atoms with Crippen LogP contribution in [0.4, 0.5) is 5.69 Å². The van der Waals surface area contributed by atoms with Gasteiger partial charge in [0.25, 0.3) is 0 Å². The average molecular weight is 442 g/mol. The van der Waals surface area contributed by atoms with Crippen LogP contribution in [0, 0.1) is 0 Å². The van der Waals surface area contributed by atoms with E-state index in [4.69, 9.17) is 28.6 Å². The monoisotopic (exact) mass is 440 g/mol. The van der Waals surface area contributed by atoms with Gasteiger partial charge in [0.1, 0.15) is 4.99 Å². The van der Waals surface area contributed by atoms with Gasteiger partial charge in [-0.1, -0.05) is 36.0 Å². The van der Waals surface area contributed by atoms with E-state index in [1.807, 2.05) is 30.3 Å². The number of methoxy groups -OCH3 is 1. The molecule has 3 rings (SSSR count). The quantitative estimate of drug-likeness (QED) is 0.718. The first-order valence-corrected chi connectivity index (χ1v) is 9.44. The molecule has 0 atom stereocenters. The maximum absolute atomic E-state index is 9.95. The van der Waals surface area contributed by atoms with E-state index in [2.05, 4.69) is 25.7 Å². The molecular weight excluding hydrogens is 424 g/mol. The molecule has 1 heterocycles. The Hall–Kier alpha value is -1.50. The van der Waals surface area contributed by atoms with Crippen molar-refractivity contribution in [1.29, 1.82) is 0 Å². The highest BCUT2D eigenvalue weighted by molar-refractivity contribution is 9.10. The lowest BCUT2D eigenvalue weighted by molar-refractivity contribution is 0.371. The number of ether oxygens (including phenoxy) is 1. The molecule has 0 unspecified atom stereocenters. The van der Waals surface area contributed by atoms with E-state index in [0.717, 1.165) is 47.4 Å². The minimum atomic E-state index is 0.0811. The summed E-state index contributed by atoms with van der Waals surface area (Å²) in [7, 11) is 1.52. The molecular formula is C18H18BrClN2O2S. The molecule has 0 aliphatic carbocycles. The van der Waals surface area contributed by atoms with E-state index < -0.39 is 0 Å². The fourth-order valence-corrected chi connectivity index (χ4v) is 3.89. The Morgan fingerprint density at radius 3 is 2.52 bits per heavy atom. The zero-order valence-corrected chi connectivity index (χ0v) is 16.9. The van der Waals surface area contributed by atoms with Crippen LogP contribution in [-0.4, -0.2) is 48.3 Å². The number of halogens is 2. The summed E-state index contributed by atoms with van der Waals surface area (Å²) < 4.78 is 5.78. The van der Waals surface area contributed by atoms with E-state index >= 15 is 0 Å². The highest BCUT2D eigenvalue weighted by atomic mass is 79.9. The predicted molar refractivity (Wildman–Crippen MR) is 109 cm³/mol. The van der Waals surface area contributed by atoms with Crippen molar-refractivity contribution < 1.29 is 9.84 Å². The first kappa shape index (κ1) is 18.3. The first-order valence-electron chi connectivity index (χ1n) is 7.86. The lowest BCUT2D eigenvalue weighted by Crippen LogP contribution is -2.48. The highest BCUT2D eigenvalue weighted by Crippen LogP contribution is 2.36. The van der Waals surface area contributed by atoms with Crippen LogP contribution in [-0.2, 0) is 0 Å². The second-order valence-corrected chi connectivity index (χ2v) is 7.39. The molecule has 0 radical (unpaired) electrons. The fourth-order valence-electron chi connectivity index (χ4n) is 2.89. The molecule has 0 amide bonds. The smallest absolute Gasteiger partial charge is 0.172 e. The number of thiocarbonyl (C=S) groups is 1. The van der Waals surface area contributed by atoms with Crippen molar-refractivity contribution in [2.24, 2.45) is 0 Å². The number of benzene rings is 2. The maximum atomic E-state index is 9.95. The summed E-state index contributed by atoms with van der Waals surface area (Å²) in [5.74, 6) is 0.485. The molecule has 1 aliphatic heterocycles. The standard InChI is InChI=1S/C18H18BrClN2O2S/c1-24-16-11-12(10-13(19)17(16)23)18(25)22-8-6-21(7-9-22)15-5-3-2-4-14(15)20/h2-5,10-11,23H,6-9H2,1H3. The zero-order chi connectivity index (χ0) is 18.0. The Morgan fingerprint density at radius 1 is 1.20 bits per heavy atom. The van der Waals surface area contributed by atoms with Crippen LogP contribution < -0.4 is 9.64 Å². The molecule has 1 N–H and O–H groups in total. The van der Waals surface area contributed by atoms with Gasteiger partial charge in [0.2, 0.25) is 0 Å². The summed E-state index contributed by atoms with van der Waals surface area (Å²) in [6.07, 6.45) is 0. The fraction of sp³-hybridized carbons (Fsp3) is 0.278. The Labute approximate surface area is 166 Å². The second kappa shape index (κ2) is 7.81. The van der Waals surface area contributed by atoms with Gasteiger partial charge in [0.15, 0.2) is 11.5 Å². The predicted octanol–water partition coefficient (Wildman–Crippen LogP) is 4.31. The topological polar surface area (TPSA) is 35.9 Å². The molecule has 0 aromatic heterocycles. The van der Waals surface area contributed by atoms with Crippen molar-refractivity contribution in [2.45, 2.75) is 0 Å². The first-order chi connectivity index (χ1) is 12.0. The molecule has 2 aromatic carbocycles. The number of phenols is 1. The van der Waals surface area contributed by atoms with E-state index in [1.54, 1.807) is 6.07 Å². The van der Waals surface area contributed by atoms with Gasteiger partial charge in [-0.15, -0.1) is 0 Å². The minimum absolute atomic E-state index is 0.0811. The Morgan fingerprint density at radius 2 is 1.88 bits per heavy atom. The van der Waals surface area contributed by atoms with Crippen LogP contribution in [0.3, 0.4) is 0 Å². The van der Waals surface area contributed by atoms with Gasteiger partial charge in [-0.25, -0.2) is 0 Å². The van der Waals surface area contributed by atoms with Crippen LogP contribution in [0.25, 0.3) is 0 Å². The molecule has 4 nitrogen and oxygen atoms in total. The molecule has 0 saturated carbocycles. The number of hydrogen-bond donors (Lipinski definition) is 1. The van der Waals surface area contributed by atoms with Gasteiger partial charge in [0.05, 0.1) is 22.3 Å². The van der Waals surface area contributed by atoms with Crippen molar-refractivity contribution in [1.82, 2.24) is 4.90 Å². The Balaban J connectivity index is 1.72. The van der Waals surface area contributed by atoms with E-state index in [1.165, 1.54) is 7.11 Å². The van der Waals surface area contributed by atoms with Crippen molar-refractivity contribution >= 4 is 50.4 Å². The average Bonchev–Trinajstić information content (AvgIpc) is 2.64. The second-order valence-electron chi connectivity index (χ2n) is 5.74. The van der Waals surface area contributed by atoms with Crippen molar-refractivity contribution in [3.8, 4) is 11.5 Å². The largest absolute Gasteiger partial charge is 0.503 e. The number of anilines is 1. The summed E-state index contributed by atoms with van der Waals surface area (Å²) in [5, 5.41) is 10.7. The number of rotatable bonds is 3. The van der Waals surface area contributed by atoms with Gasteiger partial charge < -0.3 is 19.6 Å². The number of aromatic hydroxyl groups is 1. The third-order valence-electron chi connectivity index (χ3n) is 4.26. The summed E-state index contributed by atoms with van der Waals surface area (Å²) in [5.41, 5.74) is 1.91. The molecule has 132 valence electrons. The van der Waals surface area contributed by atoms with E-state index in [9.17, 15) is 5.11 Å². The molecule has 25 heavy (non-hydrogen) atoms. The normalized spacial score (nSPS) is 14.5. The highest BCUT2D eigenvalue weighted by Gasteiger charge is 2.22. The lowest BCUT2D eigenvalue weighted by atomic mass is 10.1. The number of piperazine rings is 1. The SMILES string of the molecule is COc1cc(C(=S)N2CCN(c3ccccc3Cl)CC2)cc(Br)c1O. The van der Waals surface area contributed by atoms with Gasteiger partial charge in [0, 0.05) is 31.7 Å². The van der Waals surface area contributed by atoms with Gasteiger partial charge in [-0.3, -0.25) is 0 Å². The molecule has 0 bridgehead atoms. The van der Waals surface area contributed by atoms with Gasteiger partial charge in [-0.2, -0.15) is 0 Å². The van der Waals surface area contributed by atoms with Crippen molar-refractivity contribution in [2.75, 3.05) is 38.2 Å². The van der Waals surface area contributed by atoms with Crippen LogP contribution in [0.5, 0.6) is 11.5 Å². The van der Waals surface area contributed by atoms with Crippen LogP contribution >= 0.6 is 39.7 Å². The Kier molecular flexibility index (Phi) is 5.71. The van der Waals surface area contributed by atoms with E-state index in [0.29, 0.717) is 10.2 Å². The van der Waals surface area contributed by atoms with Crippen LogP contribution in [0.15, 0.2) is 40.9 Å². The number of para-hydroxylation sites is 1. The summed E-state index contributed by atoms with van der Waals surface area (Å²) in [6.45, 7) is 3.32. The Bertz CT molecular complexity index is 795. The molecule has 1 aliphatic rings. The summed E-state index contributed by atoms with van der Waals surface area (Å²) in [6, 6.07) is 11.5. The van der Waals surface area contributed by atoms with E-state index in [-0.39, 0.29) is 5.75 Å². The number of hydrogen-bond acceptors (Lipinski definition) is 4. The van der Waals surface area contributed by atoms with Crippen LogP contribution in [0.1, 0.15) is 5.56 Å². The summed E-state index contributed by atoms with van der Waals surface area (Å²) in [4.78, 5) is 5.19. The third kappa shape index (κ3) is 3.86. The molecule has 2 aromatic rings. The number of phenolic OH excluding ortho intramolecular Hbond substituents is 1. The zero-order valence-electron chi connectivity index (χ0n) is 13.7. The van der Waals surface area contributed by atoms with Crippen molar-refractivity contribution in [3.05, 3.63) is 51.5 Å². The van der Waals surface area contributed by atoms with Gasteiger partial charge in [-0.05, 0) is 40.2 Å². The molecule has 1 fully saturated rings. The van der Waals surface area contributed by atoms with Gasteiger partial charge >= 0.3 is 0 Å². The summed E-state index contributed by atoms with van der Waals surface area (Å²) >= 11 is 15.3. The molecule has 1 saturated heterocycles.